The molecule has 0 fully saturated rings. The summed E-state index contributed by atoms with van der Waals surface area (Å²) in [6.07, 6.45) is 1.82. The topological polar surface area (TPSA) is 142 Å². The summed E-state index contributed by atoms with van der Waals surface area (Å²) < 4.78 is 68.0. The number of rotatable bonds is 5. The number of carboxylic acid groups (broad SMARTS) is 1. The number of nitrogens with zero attached hydrogens (tertiary/aromatic N) is 5. The van der Waals surface area contributed by atoms with E-state index in [-0.39, 0.29) is 30.2 Å². The van der Waals surface area contributed by atoms with E-state index in [2.05, 4.69) is 24.5 Å². The van der Waals surface area contributed by atoms with E-state index in [0.29, 0.717) is 5.69 Å². The highest BCUT2D eigenvalue weighted by molar-refractivity contribution is 7.87. The fourth-order valence-corrected chi connectivity index (χ4v) is 3.74. The molecule has 4 rings (SSSR count). The van der Waals surface area contributed by atoms with Crippen LogP contribution >= 0.6 is 0 Å². The fourth-order valence-electron chi connectivity index (χ4n) is 3.30. The lowest BCUT2D eigenvalue weighted by Gasteiger charge is -2.31. The van der Waals surface area contributed by atoms with E-state index in [0.717, 1.165) is 16.4 Å². The maximum Gasteiger partial charge on any atom is 0.534 e. The normalized spacial score (nSPS) is 13.9. The van der Waals surface area contributed by atoms with Crippen LogP contribution in [0.2, 0.25) is 0 Å². The molecular formula is C19H16F3N6O5S-. The molecule has 3 heterocycles. The first-order valence-corrected chi connectivity index (χ1v) is 11.1. The molecule has 1 aromatic carbocycles. The van der Waals surface area contributed by atoms with Crippen LogP contribution in [-0.4, -0.2) is 51.0 Å². The van der Waals surface area contributed by atoms with Crippen molar-refractivity contribution < 1.29 is 35.7 Å². The van der Waals surface area contributed by atoms with Crippen molar-refractivity contribution in [1.82, 2.24) is 24.4 Å². The Bertz CT molecular complexity index is 1340. The van der Waals surface area contributed by atoms with Crippen molar-refractivity contribution in [2.24, 2.45) is 0 Å². The number of amides is 1. The zero-order valence-electron chi connectivity index (χ0n) is 17.4. The predicted octanol–water partition coefficient (Wildman–Crippen LogP) is 1.64. The SMILES string of the molecule is Cc1nccn1-c1ccc(Nc2nc3c(c(OS(=O)(=O)C(F)(F)F)n2)CN(C(=O)[O-])CC3)cc1. The van der Waals surface area contributed by atoms with Gasteiger partial charge in [-0.1, -0.05) is 0 Å². The molecule has 0 bridgehead atoms. The molecule has 1 aliphatic heterocycles. The Labute approximate surface area is 191 Å². The molecule has 1 amide bonds. The lowest BCUT2D eigenvalue weighted by atomic mass is 10.1. The van der Waals surface area contributed by atoms with Crippen molar-refractivity contribution in [1.29, 1.82) is 0 Å². The van der Waals surface area contributed by atoms with E-state index >= 15 is 0 Å². The molecule has 34 heavy (non-hydrogen) atoms. The molecule has 11 nitrogen and oxygen atoms in total. The number of fused-ring (bicyclic) bond motifs is 1. The molecule has 0 spiro atoms. The van der Waals surface area contributed by atoms with Gasteiger partial charge in [0.15, 0.2) is 0 Å². The van der Waals surface area contributed by atoms with Crippen LogP contribution in [0.5, 0.6) is 5.88 Å². The minimum absolute atomic E-state index is 0.0121. The molecule has 1 N–H and O–H groups in total. The van der Waals surface area contributed by atoms with E-state index in [1.807, 2.05) is 11.5 Å². The summed E-state index contributed by atoms with van der Waals surface area (Å²) in [6.45, 7) is 1.29. The van der Waals surface area contributed by atoms with Crippen molar-refractivity contribution in [2.45, 2.75) is 25.4 Å². The number of nitrogens with one attached hydrogen (secondary N) is 1. The van der Waals surface area contributed by atoms with E-state index in [9.17, 15) is 31.5 Å². The van der Waals surface area contributed by atoms with E-state index < -0.39 is 34.1 Å². The third-order valence-corrected chi connectivity index (χ3v) is 5.92. The second-order valence-corrected chi connectivity index (χ2v) is 8.75. The average Bonchev–Trinajstić information content (AvgIpc) is 3.19. The third-order valence-electron chi connectivity index (χ3n) is 4.98. The standard InChI is InChI=1S/C19H17F3N6O5S/c1-11-23-7-9-28(11)13-4-2-12(3-5-13)24-17-25-15-6-8-27(18(29)30)10-14(15)16(26-17)33-34(31,32)19(20,21)22/h2-5,7,9H,6,8,10H2,1H3,(H,29,30)(H,24,25,26)/p-1. The molecule has 0 aliphatic carbocycles. The predicted molar refractivity (Wildman–Crippen MR) is 109 cm³/mol. The maximum absolute atomic E-state index is 12.9. The number of hydrogen-bond acceptors (Lipinski definition) is 9. The monoisotopic (exact) mass is 497 g/mol. The van der Waals surface area contributed by atoms with Crippen LogP contribution in [0.3, 0.4) is 0 Å². The van der Waals surface area contributed by atoms with Gasteiger partial charge >= 0.3 is 15.6 Å². The van der Waals surface area contributed by atoms with Gasteiger partial charge in [0.2, 0.25) is 11.8 Å². The molecular weight excluding hydrogens is 481 g/mol. The molecule has 3 aromatic rings. The summed E-state index contributed by atoms with van der Waals surface area (Å²) >= 11 is 0. The van der Waals surface area contributed by atoms with Gasteiger partial charge in [-0.25, -0.2) is 9.97 Å². The second-order valence-electron chi connectivity index (χ2n) is 7.21. The van der Waals surface area contributed by atoms with Gasteiger partial charge in [-0.3, -0.25) is 0 Å². The van der Waals surface area contributed by atoms with Crippen LogP contribution in [-0.2, 0) is 23.1 Å². The van der Waals surface area contributed by atoms with Crippen LogP contribution in [0, 0.1) is 6.92 Å². The maximum atomic E-state index is 12.9. The molecule has 0 saturated carbocycles. The first-order valence-electron chi connectivity index (χ1n) is 9.68. The zero-order valence-corrected chi connectivity index (χ0v) is 18.2. The zero-order chi connectivity index (χ0) is 24.7. The van der Waals surface area contributed by atoms with Gasteiger partial charge in [-0.2, -0.15) is 26.6 Å². The van der Waals surface area contributed by atoms with Gasteiger partial charge in [0.05, 0.1) is 17.8 Å². The Kier molecular flexibility index (Phi) is 5.80. The molecule has 15 heteroatoms. The summed E-state index contributed by atoms with van der Waals surface area (Å²) in [5.74, 6) is -0.377. The van der Waals surface area contributed by atoms with Gasteiger partial charge in [0, 0.05) is 36.7 Å². The molecule has 0 radical (unpaired) electrons. The number of imidazole rings is 1. The Morgan fingerprint density at radius 2 is 1.91 bits per heavy atom. The Balaban J connectivity index is 1.67. The number of carbonyl (C=O) groups excluding carboxylic acids is 1. The number of carbonyl (C=O) groups is 1. The van der Waals surface area contributed by atoms with Crippen LogP contribution in [0.4, 0.5) is 29.6 Å². The average molecular weight is 497 g/mol. The van der Waals surface area contributed by atoms with Gasteiger partial charge in [-0.05, 0) is 31.2 Å². The quantitative estimate of drug-likeness (QED) is 0.411. The Hall–Kier alpha value is -3.88. The van der Waals surface area contributed by atoms with Crippen LogP contribution in [0.1, 0.15) is 17.1 Å². The van der Waals surface area contributed by atoms with Crippen molar-refractivity contribution in [3.8, 4) is 11.6 Å². The van der Waals surface area contributed by atoms with Crippen molar-refractivity contribution in [3.63, 3.8) is 0 Å². The Morgan fingerprint density at radius 3 is 2.50 bits per heavy atom. The summed E-state index contributed by atoms with van der Waals surface area (Å²) in [4.78, 5) is 24.1. The van der Waals surface area contributed by atoms with Gasteiger partial charge in [0.25, 0.3) is 0 Å². The Morgan fingerprint density at radius 1 is 1.21 bits per heavy atom. The largest absolute Gasteiger partial charge is 0.534 e. The summed E-state index contributed by atoms with van der Waals surface area (Å²) in [6, 6.07) is 6.81. The lowest BCUT2D eigenvalue weighted by molar-refractivity contribution is -0.266. The molecule has 0 atom stereocenters. The third kappa shape index (κ3) is 4.59. The van der Waals surface area contributed by atoms with Gasteiger partial charge < -0.3 is 28.9 Å². The number of anilines is 2. The van der Waals surface area contributed by atoms with E-state index in [1.54, 1.807) is 36.7 Å². The smallest absolute Gasteiger partial charge is 0.530 e. The number of aryl methyl sites for hydroxylation is 1. The molecule has 180 valence electrons. The minimum Gasteiger partial charge on any atom is -0.530 e. The lowest BCUT2D eigenvalue weighted by Crippen LogP contribution is -2.44. The highest BCUT2D eigenvalue weighted by atomic mass is 32.2. The van der Waals surface area contributed by atoms with Crippen LogP contribution < -0.4 is 14.6 Å². The number of alkyl halides is 3. The van der Waals surface area contributed by atoms with Crippen LogP contribution in [0.15, 0.2) is 36.7 Å². The summed E-state index contributed by atoms with van der Waals surface area (Å²) in [7, 11) is -6.05. The molecule has 2 aromatic heterocycles. The van der Waals surface area contributed by atoms with E-state index in [4.69, 9.17) is 0 Å². The van der Waals surface area contributed by atoms with Crippen molar-refractivity contribution >= 4 is 27.8 Å². The first-order chi connectivity index (χ1) is 15.9. The summed E-state index contributed by atoms with van der Waals surface area (Å²) in [5, 5.41) is 14.0. The highest BCUT2D eigenvalue weighted by Crippen LogP contribution is 2.32. The number of aromatic nitrogens is 4. The molecule has 0 unspecified atom stereocenters. The van der Waals surface area contributed by atoms with Crippen molar-refractivity contribution in [3.05, 3.63) is 53.7 Å². The van der Waals surface area contributed by atoms with Crippen LogP contribution in [0.25, 0.3) is 5.69 Å². The molecule has 1 aliphatic rings. The summed E-state index contributed by atoms with van der Waals surface area (Å²) in [5.41, 5.74) is -4.50. The molecule has 0 saturated heterocycles. The minimum atomic E-state index is -6.05. The number of hydrogen-bond donors (Lipinski definition) is 1. The van der Waals surface area contributed by atoms with Gasteiger partial charge in [-0.15, -0.1) is 0 Å². The van der Waals surface area contributed by atoms with E-state index in [1.165, 1.54) is 0 Å². The van der Waals surface area contributed by atoms with Gasteiger partial charge in [0.1, 0.15) is 11.9 Å². The number of benzene rings is 1. The first kappa shape index (κ1) is 23.3. The number of halogens is 3. The van der Waals surface area contributed by atoms with Crippen molar-refractivity contribution in [2.75, 3.05) is 11.9 Å². The fraction of sp³-hybridized carbons (Fsp3) is 0.263. The second kappa shape index (κ2) is 8.48. The highest BCUT2D eigenvalue weighted by Gasteiger charge is 2.49.